The Labute approximate surface area is 101 Å². The van der Waals surface area contributed by atoms with E-state index in [0.29, 0.717) is 5.92 Å². The van der Waals surface area contributed by atoms with E-state index in [1.165, 1.54) is 23.7 Å². The molecule has 3 rings (SSSR count). The summed E-state index contributed by atoms with van der Waals surface area (Å²) in [5, 5.41) is 15.7. The van der Waals surface area contributed by atoms with E-state index in [1.54, 1.807) is 0 Å². The van der Waals surface area contributed by atoms with Crippen molar-refractivity contribution in [1.82, 2.24) is 9.78 Å². The van der Waals surface area contributed by atoms with E-state index in [-0.39, 0.29) is 6.10 Å². The van der Waals surface area contributed by atoms with Crippen molar-refractivity contribution in [1.29, 1.82) is 0 Å². The molecule has 0 spiro atoms. The predicted molar refractivity (Wildman–Crippen MR) is 67.8 cm³/mol. The average Bonchev–Trinajstić information content (AvgIpc) is 3.14. The fourth-order valence-corrected chi connectivity index (χ4v) is 2.47. The quantitative estimate of drug-likeness (QED) is 0.875. The van der Waals surface area contributed by atoms with E-state index in [2.05, 4.69) is 17.2 Å². The van der Waals surface area contributed by atoms with E-state index < -0.39 is 0 Å². The topological polar surface area (TPSA) is 38.0 Å². The van der Waals surface area contributed by atoms with Gasteiger partial charge in [-0.05, 0) is 37.7 Å². The van der Waals surface area contributed by atoms with Crippen molar-refractivity contribution in [3.8, 4) is 0 Å². The van der Waals surface area contributed by atoms with Crippen molar-refractivity contribution in [2.45, 2.75) is 31.8 Å². The fraction of sp³-hybridized carbons (Fsp3) is 0.500. The van der Waals surface area contributed by atoms with Crippen molar-refractivity contribution in [2.24, 2.45) is 13.0 Å². The second-order valence-electron chi connectivity index (χ2n) is 5.03. The van der Waals surface area contributed by atoms with Crippen LogP contribution in [0.2, 0.25) is 0 Å². The third-order valence-electron chi connectivity index (χ3n) is 3.68. The minimum Gasteiger partial charge on any atom is -0.393 e. The summed E-state index contributed by atoms with van der Waals surface area (Å²) in [6.07, 6.45) is 3.98. The molecule has 0 saturated heterocycles. The first-order valence-electron chi connectivity index (χ1n) is 6.34. The van der Waals surface area contributed by atoms with Gasteiger partial charge in [0.15, 0.2) is 0 Å². The minimum atomic E-state index is -0.129. The third-order valence-corrected chi connectivity index (χ3v) is 3.68. The Morgan fingerprint density at radius 2 is 2.18 bits per heavy atom. The third kappa shape index (κ3) is 2.07. The molecule has 1 fully saturated rings. The van der Waals surface area contributed by atoms with Crippen LogP contribution in [-0.4, -0.2) is 21.0 Å². The molecule has 3 heteroatoms. The van der Waals surface area contributed by atoms with Crippen LogP contribution in [0.3, 0.4) is 0 Å². The lowest BCUT2D eigenvalue weighted by Crippen LogP contribution is -2.10. The summed E-state index contributed by atoms with van der Waals surface area (Å²) in [6.45, 7) is 0. The van der Waals surface area contributed by atoms with Gasteiger partial charge in [0.1, 0.15) is 0 Å². The van der Waals surface area contributed by atoms with Crippen molar-refractivity contribution in [2.75, 3.05) is 0 Å². The van der Waals surface area contributed by atoms with Crippen molar-refractivity contribution >= 4 is 10.9 Å². The van der Waals surface area contributed by atoms with Gasteiger partial charge in [0.25, 0.3) is 0 Å². The SMILES string of the molecule is Cn1nc(CCC(O)C2CC2)c2ccccc21. The van der Waals surface area contributed by atoms with Gasteiger partial charge in [-0.2, -0.15) is 5.10 Å². The number of para-hydroxylation sites is 1. The van der Waals surface area contributed by atoms with Crippen LogP contribution in [0, 0.1) is 5.92 Å². The second kappa shape index (κ2) is 4.15. The number of rotatable bonds is 4. The molecule has 0 bridgehead atoms. The van der Waals surface area contributed by atoms with Gasteiger partial charge >= 0.3 is 0 Å². The lowest BCUT2D eigenvalue weighted by molar-refractivity contribution is 0.141. The van der Waals surface area contributed by atoms with Crippen molar-refractivity contribution < 1.29 is 5.11 Å². The van der Waals surface area contributed by atoms with Gasteiger partial charge < -0.3 is 5.11 Å². The number of aliphatic hydroxyl groups excluding tert-OH is 1. The molecule has 90 valence electrons. The summed E-state index contributed by atoms with van der Waals surface area (Å²) >= 11 is 0. The Balaban J connectivity index is 1.80. The van der Waals surface area contributed by atoms with Crippen LogP contribution in [-0.2, 0) is 13.5 Å². The zero-order valence-corrected chi connectivity index (χ0v) is 10.1. The number of fused-ring (bicyclic) bond motifs is 1. The monoisotopic (exact) mass is 230 g/mol. The van der Waals surface area contributed by atoms with Gasteiger partial charge in [-0.3, -0.25) is 4.68 Å². The van der Waals surface area contributed by atoms with Gasteiger partial charge in [-0.25, -0.2) is 0 Å². The number of aryl methyl sites for hydroxylation is 2. The molecule has 1 aliphatic carbocycles. The molecular formula is C14H18N2O. The van der Waals surface area contributed by atoms with Gasteiger partial charge in [0.05, 0.1) is 17.3 Å². The van der Waals surface area contributed by atoms with E-state index in [4.69, 9.17) is 0 Å². The molecule has 1 aliphatic rings. The van der Waals surface area contributed by atoms with Crippen LogP contribution in [0.5, 0.6) is 0 Å². The van der Waals surface area contributed by atoms with Crippen LogP contribution in [0.1, 0.15) is 25.0 Å². The highest BCUT2D eigenvalue weighted by Crippen LogP contribution is 2.34. The number of aliphatic hydroxyl groups is 1. The largest absolute Gasteiger partial charge is 0.393 e. The van der Waals surface area contributed by atoms with Crippen molar-refractivity contribution in [3.05, 3.63) is 30.0 Å². The first kappa shape index (κ1) is 10.8. The first-order valence-corrected chi connectivity index (χ1v) is 6.34. The van der Waals surface area contributed by atoms with Gasteiger partial charge in [0.2, 0.25) is 0 Å². The van der Waals surface area contributed by atoms with Crippen LogP contribution in [0.25, 0.3) is 10.9 Å². The zero-order chi connectivity index (χ0) is 11.8. The number of hydrogen-bond donors (Lipinski definition) is 1. The fourth-order valence-electron chi connectivity index (χ4n) is 2.47. The molecular weight excluding hydrogens is 212 g/mol. The van der Waals surface area contributed by atoms with Gasteiger partial charge in [-0.15, -0.1) is 0 Å². The minimum absolute atomic E-state index is 0.129. The first-order chi connectivity index (χ1) is 8.25. The molecule has 1 N–H and O–H groups in total. The molecule has 0 radical (unpaired) electrons. The Kier molecular flexibility index (Phi) is 2.63. The maximum Gasteiger partial charge on any atom is 0.0704 e. The molecule has 17 heavy (non-hydrogen) atoms. The van der Waals surface area contributed by atoms with Crippen molar-refractivity contribution in [3.63, 3.8) is 0 Å². The molecule has 0 amide bonds. The zero-order valence-electron chi connectivity index (χ0n) is 10.1. The smallest absolute Gasteiger partial charge is 0.0704 e. The van der Waals surface area contributed by atoms with Gasteiger partial charge in [0, 0.05) is 12.4 Å². The molecule has 1 unspecified atom stereocenters. The summed E-state index contributed by atoms with van der Waals surface area (Å²) in [7, 11) is 1.98. The Morgan fingerprint density at radius 1 is 1.41 bits per heavy atom. The number of aromatic nitrogens is 2. The maximum atomic E-state index is 9.89. The molecule has 2 aromatic rings. The van der Waals surface area contributed by atoms with Crippen LogP contribution < -0.4 is 0 Å². The molecule has 0 aliphatic heterocycles. The van der Waals surface area contributed by atoms with E-state index >= 15 is 0 Å². The molecule has 3 nitrogen and oxygen atoms in total. The van der Waals surface area contributed by atoms with Crippen LogP contribution >= 0.6 is 0 Å². The highest BCUT2D eigenvalue weighted by Gasteiger charge is 2.29. The Hall–Kier alpha value is -1.35. The summed E-state index contributed by atoms with van der Waals surface area (Å²) in [5.41, 5.74) is 2.28. The summed E-state index contributed by atoms with van der Waals surface area (Å²) in [5.74, 6) is 0.560. The van der Waals surface area contributed by atoms with E-state index in [1.807, 2.05) is 23.9 Å². The molecule has 1 saturated carbocycles. The Bertz CT molecular complexity index is 528. The second-order valence-corrected chi connectivity index (χ2v) is 5.03. The molecule has 1 atom stereocenters. The number of benzene rings is 1. The highest BCUT2D eigenvalue weighted by molar-refractivity contribution is 5.81. The standard InChI is InChI=1S/C14H18N2O/c1-16-13-5-3-2-4-11(13)12(15-16)8-9-14(17)10-6-7-10/h2-5,10,14,17H,6-9H2,1H3. The lowest BCUT2D eigenvalue weighted by atomic mass is 10.1. The van der Waals surface area contributed by atoms with E-state index in [0.717, 1.165) is 18.5 Å². The Morgan fingerprint density at radius 3 is 2.94 bits per heavy atom. The maximum absolute atomic E-state index is 9.89. The normalized spacial score (nSPS) is 17.5. The molecule has 1 heterocycles. The molecule has 1 aromatic carbocycles. The number of hydrogen-bond acceptors (Lipinski definition) is 2. The van der Waals surface area contributed by atoms with Crippen LogP contribution in [0.4, 0.5) is 0 Å². The predicted octanol–water partition coefficient (Wildman–Crippen LogP) is 2.28. The van der Waals surface area contributed by atoms with Crippen LogP contribution in [0.15, 0.2) is 24.3 Å². The lowest BCUT2D eigenvalue weighted by Gasteiger charge is -2.06. The highest BCUT2D eigenvalue weighted by atomic mass is 16.3. The number of nitrogens with zero attached hydrogens (tertiary/aromatic N) is 2. The average molecular weight is 230 g/mol. The summed E-state index contributed by atoms with van der Waals surface area (Å²) in [4.78, 5) is 0. The van der Waals surface area contributed by atoms with E-state index in [9.17, 15) is 5.11 Å². The van der Waals surface area contributed by atoms with Gasteiger partial charge in [-0.1, -0.05) is 18.2 Å². The summed E-state index contributed by atoms with van der Waals surface area (Å²) in [6, 6.07) is 8.28. The summed E-state index contributed by atoms with van der Waals surface area (Å²) < 4.78 is 1.92. The molecule has 1 aromatic heterocycles.